The molecule has 5 rings (SSSR count). The van der Waals surface area contributed by atoms with Crippen molar-refractivity contribution in [2.24, 2.45) is 0 Å². The first kappa shape index (κ1) is 16.2. The van der Waals surface area contributed by atoms with Crippen molar-refractivity contribution in [2.75, 3.05) is 0 Å². The highest BCUT2D eigenvalue weighted by Crippen LogP contribution is 2.25. The minimum Gasteiger partial charge on any atom is -0.422 e. The lowest BCUT2D eigenvalue weighted by Gasteiger charge is -2.04. The summed E-state index contributed by atoms with van der Waals surface area (Å²) in [4.78, 5) is 14.0. The van der Waals surface area contributed by atoms with Crippen LogP contribution in [0, 0.1) is 0 Å². The zero-order valence-electron chi connectivity index (χ0n) is 14.8. The quantitative estimate of drug-likeness (QED) is 0.435. The van der Waals surface area contributed by atoms with Gasteiger partial charge in [0, 0.05) is 10.9 Å². The van der Waals surface area contributed by atoms with Gasteiger partial charge in [-0.25, -0.2) is 4.79 Å². The first-order chi connectivity index (χ1) is 13.8. The topological polar surface area (TPSA) is 60.9 Å². The van der Waals surface area contributed by atoms with Crippen molar-refractivity contribution in [1.82, 2.24) is 15.0 Å². The molecule has 0 aliphatic rings. The molecule has 0 aliphatic heterocycles. The van der Waals surface area contributed by atoms with Gasteiger partial charge in [0.25, 0.3) is 0 Å². The Bertz CT molecular complexity index is 1320. The minimum absolute atomic E-state index is 0.358. The standard InChI is InChI=1S/C23H15N3O2/c27-23-20(16-7-3-1-4-8-16)13-18-12-11-17(14-22(18)28-23)21-15-24-26(25-21)19-9-5-2-6-10-19/h1-15H. The molecule has 5 heteroatoms. The summed E-state index contributed by atoms with van der Waals surface area (Å²) in [5.41, 5.74) is 3.99. The summed E-state index contributed by atoms with van der Waals surface area (Å²) >= 11 is 0. The van der Waals surface area contributed by atoms with Crippen LogP contribution in [-0.4, -0.2) is 15.0 Å². The summed E-state index contributed by atoms with van der Waals surface area (Å²) < 4.78 is 5.59. The molecule has 0 aliphatic carbocycles. The second-order valence-electron chi connectivity index (χ2n) is 6.42. The first-order valence-corrected chi connectivity index (χ1v) is 8.89. The second kappa shape index (κ2) is 6.63. The van der Waals surface area contributed by atoms with E-state index in [9.17, 15) is 4.79 Å². The molecule has 5 aromatic rings. The van der Waals surface area contributed by atoms with Crippen molar-refractivity contribution < 1.29 is 4.42 Å². The summed E-state index contributed by atoms with van der Waals surface area (Å²) in [5, 5.41) is 9.72. The van der Waals surface area contributed by atoms with E-state index in [-0.39, 0.29) is 5.63 Å². The molecule has 28 heavy (non-hydrogen) atoms. The van der Waals surface area contributed by atoms with E-state index in [1.165, 1.54) is 0 Å². The highest BCUT2D eigenvalue weighted by molar-refractivity contribution is 5.85. The number of hydrogen-bond donors (Lipinski definition) is 0. The molecule has 0 saturated heterocycles. The Morgan fingerprint density at radius 2 is 1.54 bits per heavy atom. The van der Waals surface area contributed by atoms with Crippen LogP contribution in [0.5, 0.6) is 0 Å². The van der Waals surface area contributed by atoms with Crippen LogP contribution in [0.4, 0.5) is 0 Å². The molecule has 0 saturated carbocycles. The maximum atomic E-state index is 12.5. The Labute approximate surface area is 160 Å². The fourth-order valence-electron chi connectivity index (χ4n) is 3.17. The summed E-state index contributed by atoms with van der Waals surface area (Å²) in [6, 6.07) is 26.8. The van der Waals surface area contributed by atoms with E-state index in [0.29, 0.717) is 16.8 Å². The van der Waals surface area contributed by atoms with Gasteiger partial charge in [0.15, 0.2) is 0 Å². The molecule has 3 aromatic carbocycles. The normalized spacial score (nSPS) is 11.0. The van der Waals surface area contributed by atoms with Crippen LogP contribution in [0.2, 0.25) is 0 Å². The molecule has 0 spiro atoms. The average Bonchev–Trinajstić information content (AvgIpc) is 3.24. The van der Waals surface area contributed by atoms with E-state index in [4.69, 9.17) is 4.42 Å². The smallest absolute Gasteiger partial charge is 0.344 e. The van der Waals surface area contributed by atoms with E-state index in [2.05, 4.69) is 10.2 Å². The van der Waals surface area contributed by atoms with Crippen LogP contribution >= 0.6 is 0 Å². The lowest BCUT2D eigenvalue weighted by atomic mass is 10.0. The van der Waals surface area contributed by atoms with Gasteiger partial charge in [-0.15, -0.1) is 5.10 Å². The van der Waals surface area contributed by atoms with Crippen LogP contribution in [-0.2, 0) is 0 Å². The third-order valence-electron chi connectivity index (χ3n) is 4.60. The molecule has 0 amide bonds. The lowest BCUT2D eigenvalue weighted by molar-refractivity contribution is 0.563. The lowest BCUT2D eigenvalue weighted by Crippen LogP contribution is -2.02. The Hall–Kier alpha value is -3.99. The molecule has 0 N–H and O–H groups in total. The monoisotopic (exact) mass is 365 g/mol. The average molecular weight is 365 g/mol. The fourth-order valence-corrected chi connectivity index (χ4v) is 3.17. The summed E-state index contributed by atoms with van der Waals surface area (Å²) in [5.74, 6) is 0. The van der Waals surface area contributed by atoms with Crippen molar-refractivity contribution in [1.29, 1.82) is 0 Å². The summed E-state index contributed by atoms with van der Waals surface area (Å²) in [6.07, 6.45) is 1.70. The van der Waals surface area contributed by atoms with Gasteiger partial charge in [0.05, 0.1) is 17.4 Å². The minimum atomic E-state index is -0.358. The van der Waals surface area contributed by atoms with E-state index in [1.807, 2.05) is 84.9 Å². The molecule has 0 bridgehead atoms. The molecule has 0 radical (unpaired) electrons. The van der Waals surface area contributed by atoms with Gasteiger partial charge < -0.3 is 4.42 Å². The third kappa shape index (κ3) is 2.89. The summed E-state index contributed by atoms with van der Waals surface area (Å²) in [7, 11) is 0. The predicted molar refractivity (Wildman–Crippen MR) is 108 cm³/mol. The van der Waals surface area contributed by atoms with Crippen molar-refractivity contribution in [2.45, 2.75) is 0 Å². The molecule has 5 nitrogen and oxygen atoms in total. The van der Waals surface area contributed by atoms with Gasteiger partial charge in [0.1, 0.15) is 11.3 Å². The van der Waals surface area contributed by atoms with E-state index < -0.39 is 0 Å². The highest BCUT2D eigenvalue weighted by Gasteiger charge is 2.10. The van der Waals surface area contributed by atoms with Gasteiger partial charge in [0.2, 0.25) is 0 Å². The van der Waals surface area contributed by atoms with Gasteiger partial charge in [-0.2, -0.15) is 9.90 Å². The largest absolute Gasteiger partial charge is 0.422 e. The van der Waals surface area contributed by atoms with Crippen molar-refractivity contribution in [3.63, 3.8) is 0 Å². The van der Waals surface area contributed by atoms with Crippen LogP contribution in [0.3, 0.4) is 0 Å². The third-order valence-corrected chi connectivity index (χ3v) is 4.60. The van der Waals surface area contributed by atoms with Crippen LogP contribution in [0.25, 0.3) is 39.0 Å². The molecule has 0 atom stereocenters. The first-order valence-electron chi connectivity index (χ1n) is 8.89. The van der Waals surface area contributed by atoms with Crippen LogP contribution in [0.15, 0.2) is 100 Å². The number of hydrogen-bond acceptors (Lipinski definition) is 4. The number of fused-ring (bicyclic) bond motifs is 1. The van der Waals surface area contributed by atoms with Gasteiger partial charge in [-0.3, -0.25) is 0 Å². The molecule has 0 fully saturated rings. The molecule has 2 heterocycles. The zero-order valence-corrected chi connectivity index (χ0v) is 14.8. The Morgan fingerprint density at radius 3 is 2.32 bits per heavy atom. The Kier molecular flexibility index (Phi) is 3.84. The number of nitrogens with zero attached hydrogens (tertiary/aromatic N) is 3. The second-order valence-corrected chi connectivity index (χ2v) is 6.42. The van der Waals surface area contributed by atoms with Crippen molar-refractivity contribution in [3.8, 4) is 28.1 Å². The van der Waals surface area contributed by atoms with E-state index in [1.54, 1.807) is 11.0 Å². The molecule has 0 unspecified atom stereocenters. The number of benzene rings is 3. The van der Waals surface area contributed by atoms with Gasteiger partial charge in [-0.1, -0.05) is 60.7 Å². The summed E-state index contributed by atoms with van der Waals surface area (Å²) in [6.45, 7) is 0. The number of aromatic nitrogens is 3. The maximum Gasteiger partial charge on any atom is 0.344 e. The number of para-hydroxylation sites is 1. The Morgan fingerprint density at radius 1 is 0.786 bits per heavy atom. The molecular weight excluding hydrogens is 350 g/mol. The van der Waals surface area contributed by atoms with Gasteiger partial charge in [-0.05, 0) is 29.8 Å². The van der Waals surface area contributed by atoms with Crippen LogP contribution < -0.4 is 5.63 Å². The fraction of sp³-hybridized carbons (Fsp3) is 0. The maximum absolute atomic E-state index is 12.5. The van der Waals surface area contributed by atoms with Crippen molar-refractivity contribution in [3.05, 3.63) is 102 Å². The zero-order chi connectivity index (χ0) is 18.9. The van der Waals surface area contributed by atoms with E-state index >= 15 is 0 Å². The molecule has 2 aromatic heterocycles. The van der Waals surface area contributed by atoms with E-state index in [0.717, 1.165) is 22.2 Å². The van der Waals surface area contributed by atoms with Crippen LogP contribution in [0.1, 0.15) is 0 Å². The van der Waals surface area contributed by atoms with Gasteiger partial charge >= 0.3 is 5.63 Å². The predicted octanol–water partition coefficient (Wildman–Crippen LogP) is 4.71. The number of rotatable bonds is 3. The Balaban J connectivity index is 1.56. The highest BCUT2D eigenvalue weighted by atomic mass is 16.4. The SMILES string of the molecule is O=c1oc2cc(-c3cnn(-c4ccccc4)n3)ccc2cc1-c1ccccc1. The molecular formula is C23H15N3O2. The van der Waals surface area contributed by atoms with Crippen molar-refractivity contribution >= 4 is 11.0 Å². The molecule has 134 valence electrons.